The summed E-state index contributed by atoms with van der Waals surface area (Å²) >= 11 is 0. The number of hydrogen-bond acceptors (Lipinski definition) is 7. The number of aromatic hydroxyl groups is 1. The molecule has 0 fully saturated rings. The number of nitrogens with zero attached hydrogens (tertiary/aromatic N) is 3. The quantitative estimate of drug-likeness (QED) is 0.522. The number of azo groups is 1. The fourth-order valence-corrected chi connectivity index (χ4v) is 3.05. The monoisotopic (exact) mass is 395 g/mol. The van der Waals surface area contributed by atoms with Crippen molar-refractivity contribution in [2.24, 2.45) is 10.2 Å². The van der Waals surface area contributed by atoms with E-state index in [1.54, 1.807) is 43.3 Å². The van der Waals surface area contributed by atoms with Gasteiger partial charge in [-0.2, -0.15) is 0 Å². The van der Waals surface area contributed by atoms with Crippen LogP contribution in [0.15, 0.2) is 52.7 Å². The molecule has 9 nitrogen and oxygen atoms in total. The molecule has 0 saturated heterocycles. The van der Waals surface area contributed by atoms with Gasteiger partial charge in [0, 0.05) is 10.9 Å². The minimum atomic E-state index is -0.607. The number of esters is 1. The van der Waals surface area contributed by atoms with E-state index in [1.807, 2.05) is 0 Å². The molecule has 0 radical (unpaired) electrons. The lowest BCUT2D eigenvalue weighted by molar-refractivity contribution is -0.143. The van der Waals surface area contributed by atoms with Crippen LogP contribution < -0.4 is 9.47 Å². The first kappa shape index (κ1) is 18.5. The van der Waals surface area contributed by atoms with E-state index in [0.717, 1.165) is 0 Å². The highest BCUT2D eigenvalue weighted by Gasteiger charge is 2.20. The Morgan fingerprint density at radius 3 is 2.79 bits per heavy atom. The SMILES string of the molecule is CCOC(=O)Cn1c(O)c(N=NC(=O)c2ccc3c(c2)OCO3)c2ccccc21. The third-order valence-corrected chi connectivity index (χ3v) is 4.37. The van der Waals surface area contributed by atoms with E-state index >= 15 is 0 Å². The van der Waals surface area contributed by atoms with Crippen molar-refractivity contribution in [2.75, 3.05) is 13.4 Å². The number of hydrogen-bond donors (Lipinski definition) is 1. The second-order valence-corrected chi connectivity index (χ2v) is 6.15. The summed E-state index contributed by atoms with van der Waals surface area (Å²) in [5.74, 6) is -0.368. The second kappa shape index (κ2) is 7.63. The minimum Gasteiger partial charge on any atom is -0.493 e. The Morgan fingerprint density at radius 2 is 1.97 bits per heavy atom. The van der Waals surface area contributed by atoms with Crippen molar-refractivity contribution < 1.29 is 28.9 Å². The van der Waals surface area contributed by atoms with Gasteiger partial charge in [0.1, 0.15) is 6.54 Å². The van der Waals surface area contributed by atoms with Crippen LogP contribution in [0.1, 0.15) is 17.3 Å². The van der Waals surface area contributed by atoms with Crippen LogP contribution in [0.5, 0.6) is 17.4 Å². The van der Waals surface area contributed by atoms with Gasteiger partial charge < -0.3 is 19.3 Å². The standard InChI is InChI=1S/C20H17N3O6/c1-2-27-17(24)10-23-14-6-4-3-5-13(14)18(20(23)26)21-22-19(25)12-7-8-15-16(9-12)29-11-28-15/h3-9,26H,2,10-11H2,1H3. The smallest absolute Gasteiger partial charge is 0.326 e. The molecule has 0 spiro atoms. The Bertz CT molecular complexity index is 1130. The van der Waals surface area contributed by atoms with Gasteiger partial charge in [-0.3, -0.25) is 14.2 Å². The summed E-state index contributed by atoms with van der Waals surface area (Å²) in [7, 11) is 0. The number of aromatic nitrogens is 1. The van der Waals surface area contributed by atoms with Crippen LogP contribution in [0.3, 0.4) is 0 Å². The van der Waals surface area contributed by atoms with Gasteiger partial charge in [-0.25, -0.2) is 0 Å². The Kier molecular flexibility index (Phi) is 4.86. The van der Waals surface area contributed by atoms with E-state index in [1.165, 1.54) is 10.6 Å². The van der Waals surface area contributed by atoms with E-state index in [2.05, 4.69) is 10.2 Å². The molecule has 0 atom stereocenters. The molecule has 148 valence electrons. The Labute approximate surface area is 165 Å². The van der Waals surface area contributed by atoms with Crippen molar-refractivity contribution in [2.45, 2.75) is 13.5 Å². The summed E-state index contributed by atoms with van der Waals surface area (Å²) in [5, 5.41) is 18.8. The zero-order valence-corrected chi connectivity index (χ0v) is 15.5. The van der Waals surface area contributed by atoms with Gasteiger partial charge in [-0.15, -0.1) is 10.2 Å². The minimum absolute atomic E-state index is 0.0963. The molecule has 1 N–H and O–H groups in total. The highest BCUT2D eigenvalue weighted by molar-refractivity contribution is 5.98. The number of para-hydroxylation sites is 1. The number of carbonyl (C=O) groups is 2. The molecule has 1 amide bonds. The zero-order chi connectivity index (χ0) is 20.4. The molecule has 0 aliphatic carbocycles. The van der Waals surface area contributed by atoms with Crippen molar-refractivity contribution in [1.82, 2.24) is 4.57 Å². The largest absolute Gasteiger partial charge is 0.493 e. The van der Waals surface area contributed by atoms with Crippen molar-refractivity contribution in [3.63, 3.8) is 0 Å². The molecule has 29 heavy (non-hydrogen) atoms. The van der Waals surface area contributed by atoms with Crippen LogP contribution in [0, 0.1) is 0 Å². The Morgan fingerprint density at radius 1 is 1.17 bits per heavy atom. The first-order valence-corrected chi connectivity index (χ1v) is 8.90. The van der Waals surface area contributed by atoms with Crippen LogP contribution >= 0.6 is 0 Å². The lowest BCUT2D eigenvalue weighted by Crippen LogP contribution is -2.12. The van der Waals surface area contributed by atoms with E-state index in [4.69, 9.17) is 14.2 Å². The summed E-state index contributed by atoms with van der Waals surface area (Å²) in [4.78, 5) is 24.3. The van der Waals surface area contributed by atoms with E-state index in [0.29, 0.717) is 22.4 Å². The number of rotatable bonds is 5. The van der Waals surface area contributed by atoms with E-state index in [9.17, 15) is 14.7 Å². The molecule has 2 aromatic carbocycles. The number of benzene rings is 2. The molecule has 9 heteroatoms. The van der Waals surface area contributed by atoms with Crippen LogP contribution in [0.4, 0.5) is 5.69 Å². The fourth-order valence-electron chi connectivity index (χ4n) is 3.05. The fraction of sp³-hybridized carbons (Fsp3) is 0.200. The number of carbonyl (C=O) groups excluding carboxylic acids is 2. The molecule has 1 aromatic heterocycles. The first-order chi connectivity index (χ1) is 14.1. The molecule has 0 bridgehead atoms. The summed E-state index contributed by atoms with van der Waals surface area (Å²) in [5.41, 5.74) is 0.939. The van der Waals surface area contributed by atoms with E-state index < -0.39 is 11.9 Å². The van der Waals surface area contributed by atoms with Crippen LogP contribution in [-0.4, -0.2) is 34.9 Å². The van der Waals surface area contributed by atoms with Gasteiger partial charge in [0.05, 0.1) is 12.1 Å². The molecule has 2 heterocycles. The molecular formula is C20H17N3O6. The summed E-state index contributed by atoms with van der Waals surface area (Å²) in [6.45, 7) is 1.84. The van der Waals surface area contributed by atoms with Gasteiger partial charge in [0.25, 0.3) is 5.91 Å². The van der Waals surface area contributed by atoms with Crippen LogP contribution in [-0.2, 0) is 16.1 Å². The second-order valence-electron chi connectivity index (χ2n) is 6.15. The maximum absolute atomic E-state index is 12.4. The van der Waals surface area contributed by atoms with Crippen molar-refractivity contribution in [1.29, 1.82) is 0 Å². The van der Waals surface area contributed by atoms with Gasteiger partial charge in [0.15, 0.2) is 17.2 Å². The molecular weight excluding hydrogens is 378 g/mol. The van der Waals surface area contributed by atoms with E-state index in [-0.39, 0.29) is 37.1 Å². The Hall–Kier alpha value is -3.88. The predicted molar refractivity (Wildman–Crippen MR) is 102 cm³/mol. The normalized spacial score (nSPS) is 12.6. The topological polar surface area (TPSA) is 112 Å². The summed E-state index contributed by atoms with van der Waals surface area (Å²) < 4.78 is 16.8. The van der Waals surface area contributed by atoms with Gasteiger partial charge in [0.2, 0.25) is 12.7 Å². The molecule has 4 rings (SSSR count). The molecule has 0 saturated carbocycles. The van der Waals surface area contributed by atoms with Crippen molar-refractivity contribution in [3.05, 3.63) is 48.0 Å². The lowest BCUT2D eigenvalue weighted by Gasteiger charge is -2.06. The van der Waals surface area contributed by atoms with Crippen molar-refractivity contribution in [3.8, 4) is 17.4 Å². The van der Waals surface area contributed by atoms with Crippen molar-refractivity contribution >= 4 is 28.5 Å². The molecule has 1 aliphatic rings. The highest BCUT2D eigenvalue weighted by Crippen LogP contribution is 2.39. The molecule has 3 aromatic rings. The third-order valence-electron chi connectivity index (χ3n) is 4.37. The zero-order valence-electron chi connectivity index (χ0n) is 15.5. The number of ether oxygens (including phenoxy) is 3. The Balaban J connectivity index is 1.66. The maximum atomic E-state index is 12.4. The van der Waals surface area contributed by atoms with Gasteiger partial charge in [-0.05, 0) is 31.2 Å². The van der Waals surface area contributed by atoms with Gasteiger partial charge in [-0.1, -0.05) is 18.2 Å². The molecule has 0 unspecified atom stereocenters. The predicted octanol–water partition coefficient (Wildman–Crippen LogP) is 3.56. The van der Waals surface area contributed by atoms with Gasteiger partial charge >= 0.3 is 5.97 Å². The summed E-state index contributed by atoms with van der Waals surface area (Å²) in [6, 6.07) is 11.7. The van der Waals surface area contributed by atoms with Crippen LogP contribution in [0.2, 0.25) is 0 Å². The van der Waals surface area contributed by atoms with Crippen LogP contribution in [0.25, 0.3) is 10.9 Å². The highest BCUT2D eigenvalue weighted by atomic mass is 16.7. The average molecular weight is 395 g/mol. The number of fused-ring (bicyclic) bond motifs is 2. The number of amides is 1. The lowest BCUT2D eigenvalue weighted by atomic mass is 10.2. The summed E-state index contributed by atoms with van der Waals surface area (Å²) in [6.07, 6.45) is 0. The maximum Gasteiger partial charge on any atom is 0.326 e. The molecule has 1 aliphatic heterocycles. The first-order valence-electron chi connectivity index (χ1n) is 8.90. The average Bonchev–Trinajstić information content (AvgIpc) is 3.29. The third kappa shape index (κ3) is 3.49.